The number of benzene rings is 1. The van der Waals surface area contributed by atoms with Crippen LogP contribution in [-0.2, 0) is 6.42 Å². The van der Waals surface area contributed by atoms with Gasteiger partial charge in [-0.2, -0.15) is 0 Å². The van der Waals surface area contributed by atoms with E-state index in [1.165, 1.54) is 6.07 Å². The van der Waals surface area contributed by atoms with E-state index in [0.29, 0.717) is 23.1 Å². The Labute approximate surface area is 188 Å². The molecular weight excluding hydrogens is 402 g/mol. The molecule has 1 N–H and O–H groups in total. The van der Waals surface area contributed by atoms with Gasteiger partial charge in [0.25, 0.3) is 0 Å². The topological polar surface area (TPSA) is 82.5 Å². The Bertz CT molecular complexity index is 1070. The van der Waals surface area contributed by atoms with Gasteiger partial charge in [-0.3, -0.25) is 9.78 Å². The van der Waals surface area contributed by atoms with Gasteiger partial charge in [-0.15, -0.1) is 0 Å². The third-order valence-electron chi connectivity index (χ3n) is 5.93. The number of pyridine rings is 1. The summed E-state index contributed by atoms with van der Waals surface area (Å²) in [6.45, 7) is 3.67. The summed E-state index contributed by atoms with van der Waals surface area (Å²) < 4.78 is 0. The fourth-order valence-electron chi connectivity index (χ4n) is 4.16. The number of aromatic hydroxyl groups is 1. The van der Waals surface area contributed by atoms with Crippen LogP contribution in [0.5, 0.6) is 5.75 Å². The Hall–Kier alpha value is -3.32. The van der Waals surface area contributed by atoms with Crippen LogP contribution in [0, 0.1) is 6.92 Å². The van der Waals surface area contributed by atoms with Gasteiger partial charge in [-0.25, -0.2) is 9.97 Å². The van der Waals surface area contributed by atoms with Crippen LogP contribution in [0.3, 0.4) is 0 Å². The molecule has 0 radical (unpaired) electrons. The number of nitrogens with zero attached hydrogens (tertiary/aromatic N) is 5. The third kappa shape index (κ3) is 5.11. The molecule has 4 rings (SSSR count). The molecule has 0 aliphatic carbocycles. The summed E-state index contributed by atoms with van der Waals surface area (Å²) in [4.78, 5) is 31.2. The number of phenolic OH excluding ortho intramolecular Hbond substituents is 1. The monoisotopic (exact) mass is 431 g/mol. The Morgan fingerprint density at radius 3 is 2.59 bits per heavy atom. The molecule has 0 bridgehead atoms. The van der Waals surface area contributed by atoms with Gasteiger partial charge in [-0.1, -0.05) is 0 Å². The van der Waals surface area contributed by atoms with Gasteiger partial charge in [0.2, 0.25) is 0 Å². The van der Waals surface area contributed by atoms with Gasteiger partial charge >= 0.3 is 0 Å². The summed E-state index contributed by atoms with van der Waals surface area (Å²) in [6.07, 6.45) is 5.72. The van der Waals surface area contributed by atoms with Crippen LogP contribution in [0.15, 0.2) is 48.8 Å². The molecular formula is C25H29N5O2. The molecule has 166 valence electrons. The molecule has 1 saturated heterocycles. The van der Waals surface area contributed by atoms with E-state index in [1.807, 2.05) is 25.1 Å². The molecule has 0 spiro atoms. The molecule has 0 unspecified atom stereocenters. The lowest BCUT2D eigenvalue weighted by molar-refractivity contribution is 0.0991. The van der Waals surface area contributed by atoms with E-state index in [0.717, 1.165) is 42.9 Å². The molecule has 1 fully saturated rings. The van der Waals surface area contributed by atoms with Gasteiger partial charge in [-0.05, 0) is 69.8 Å². The molecule has 3 aromatic rings. The summed E-state index contributed by atoms with van der Waals surface area (Å²) in [7, 11) is 4.25. The molecule has 0 saturated carbocycles. The lowest BCUT2D eigenvalue weighted by Crippen LogP contribution is -2.42. The molecule has 1 aliphatic heterocycles. The van der Waals surface area contributed by atoms with Crippen LogP contribution in [0.4, 0.5) is 5.82 Å². The summed E-state index contributed by atoms with van der Waals surface area (Å²) in [5, 5.41) is 9.88. The zero-order valence-corrected chi connectivity index (χ0v) is 18.8. The number of ketones is 1. The molecule has 1 aromatic carbocycles. The SMILES string of the molecule is Cc1cc(O)cc(C(=O)Cc2cc(N3CCC(N(C)C)CC3)nc(-c3cccnc3)n2)c1. The number of phenols is 1. The Kier molecular flexibility index (Phi) is 6.46. The summed E-state index contributed by atoms with van der Waals surface area (Å²) in [5.74, 6) is 1.42. The molecule has 1 aliphatic rings. The van der Waals surface area contributed by atoms with Crippen molar-refractivity contribution in [3.8, 4) is 17.1 Å². The predicted octanol–water partition coefficient (Wildman–Crippen LogP) is 3.51. The zero-order chi connectivity index (χ0) is 22.7. The highest BCUT2D eigenvalue weighted by Crippen LogP contribution is 2.25. The average molecular weight is 432 g/mol. The van der Waals surface area contributed by atoms with Crippen molar-refractivity contribution in [2.75, 3.05) is 32.1 Å². The molecule has 3 heterocycles. The highest BCUT2D eigenvalue weighted by molar-refractivity contribution is 5.98. The largest absolute Gasteiger partial charge is 0.508 e. The summed E-state index contributed by atoms with van der Waals surface area (Å²) in [5.41, 5.74) is 2.81. The van der Waals surface area contributed by atoms with Crippen molar-refractivity contribution in [1.82, 2.24) is 19.9 Å². The number of aryl methyl sites for hydroxylation is 1. The first kappa shape index (κ1) is 21.9. The summed E-state index contributed by atoms with van der Waals surface area (Å²) in [6, 6.07) is 11.2. The first-order chi connectivity index (χ1) is 15.4. The van der Waals surface area contributed by atoms with Gasteiger partial charge in [0, 0.05) is 48.7 Å². The number of carbonyl (C=O) groups is 1. The van der Waals surface area contributed by atoms with Crippen LogP contribution in [0.25, 0.3) is 11.4 Å². The molecule has 0 amide bonds. The first-order valence-corrected chi connectivity index (χ1v) is 10.9. The molecule has 32 heavy (non-hydrogen) atoms. The van der Waals surface area contributed by atoms with Gasteiger partial charge in [0.1, 0.15) is 11.6 Å². The smallest absolute Gasteiger partial charge is 0.168 e. The lowest BCUT2D eigenvalue weighted by atomic mass is 10.0. The Morgan fingerprint density at radius 2 is 1.94 bits per heavy atom. The van der Waals surface area contributed by atoms with Crippen molar-refractivity contribution in [2.45, 2.75) is 32.2 Å². The average Bonchev–Trinajstić information content (AvgIpc) is 2.79. The number of Topliss-reactive ketones (excluding diaryl/α,β-unsaturated/α-hetero) is 1. The van der Waals surface area contributed by atoms with Crippen LogP contribution in [0.1, 0.15) is 34.5 Å². The quantitative estimate of drug-likeness (QED) is 0.598. The Morgan fingerprint density at radius 1 is 1.16 bits per heavy atom. The van der Waals surface area contributed by atoms with Gasteiger partial charge in [0.15, 0.2) is 11.6 Å². The minimum Gasteiger partial charge on any atom is -0.508 e. The maximum Gasteiger partial charge on any atom is 0.168 e. The number of hydrogen-bond acceptors (Lipinski definition) is 7. The van der Waals surface area contributed by atoms with Gasteiger partial charge < -0.3 is 14.9 Å². The Balaban J connectivity index is 1.64. The van der Waals surface area contributed by atoms with Gasteiger partial charge in [0.05, 0.1) is 12.1 Å². The van der Waals surface area contributed by atoms with Crippen LogP contribution in [-0.4, -0.2) is 64.0 Å². The standard InChI is InChI=1S/C25H29N5O2/c1-17-11-19(13-22(31)12-17)23(32)14-20-15-24(30-9-6-21(7-10-30)29(2)3)28-25(27-20)18-5-4-8-26-16-18/h4-5,8,11-13,15-16,21,31H,6-7,9-10,14H2,1-3H3. The van der Waals surface area contributed by atoms with E-state index in [1.54, 1.807) is 24.5 Å². The molecule has 7 nitrogen and oxygen atoms in total. The maximum absolute atomic E-state index is 13.0. The van der Waals surface area contributed by atoms with Crippen LogP contribution >= 0.6 is 0 Å². The van der Waals surface area contributed by atoms with Crippen molar-refractivity contribution in [1.29, 1.82) is 0 Å². The van der Waals surface area contributed by atoms with Crippen molar-refractivity contribution in [2.24, 2.45) is 0 Å². The van der Waals surface area contributed by atoms with E-state index in [4.69, 9.17) is 4.98 Å². The second-order valence-corrected chi connectivity index (χ2v) is 8.62. The minimum absolute atomic E-state index is 0.0860. The first-order valence-electron chi connectivity index (χ1n) is 10.9. The summed E-state index contributed by atoms with van der Waals surface area (Å²) >= 11 is 0. The second kappa shape index (κ2) is 9.44. The second-order valence-electron chi connectivity index (χ2n) is 8.62. The highest BCUT2D eigenvalue weighted by Gasteiger charge is 2.23. The van der Waals surface area contributed by atoms with E-state index in [-0.39, 0.29) is 18.0 Å². The number of rotatable bonds is 6. The number of aromatic nitrogens is 3. The maximum atomic E-state index is 13.0. The van der Waals surface area contributed by atoms with Crippen LogP contribution < -0.4 is 4.90 Å². The number of carbonyl (C=O) groups excluding carboxylic acids is 1. The fourth-order valence-corrected chi connectivity index (χ4v) is 4.16. The fraction of sp³-hybridized carbons (Fsp3) is 0.360. The third-order valence-corrected chi connectivity index (χ3v) is 5.93. The highest BCUT2D eigenvalue weighted by atomic mass is 16.3. The lowest BCUT2D eigenvalue weighted by Gasteiger charge is -2.36. The normalized spacial score (nSPS) is 14.7. The van der Waals surface area contributed by atoms with E-state index >= 15 is 0 Å². The zero-order valence-electron chi connectivity index (χ0n) is 18.8. The number of anilines is 1. The minimum atomic E-state index is -0.0860. The van der Waals surface area contributed by atoms with Crippen LogP contribution in [0.2, 0.25) is 0 Å². The molecule has 7 heteroatoms. The van der Waals surface area contributed by atoms with Crippen molar-refractivity contribution >= 4 is 11.6 Å². The van der Waals surface area contributed by atoms with Crippen molar-refractivity contribution in [3.05, 3.63) is 65.6 Å². The van der Waals surface area contributed by atoms with Crippen molar-refractivity contribution in [3.63, 3.8) is 0 Å². The van der Waals surface area contributed by atoms with E-state index < -0.39 is 0 Å². The van der Waals surface area contributed by atoms with Crippen molar-refractivity contribution < 1.29 is 9.90 Å². The number of piperidine rings is 1. The molecule has 2 aromatic heterocycles. The van der Waals surface area contributed by atoms with E-state index in [9.17, 15) is 9.90 Å². The number of hydrogen-bond donors (Lipinski definition) is 1. The molecule has 0 atom stereocenters. The van der Waals surface area contributed by atoms with E-state index in [2.05, 4.69) is 33.9 Å². The predicted molar refractivity (Wildman–Crippen MR) is 125 cm³/mol.